The Morgan fingerprint density at radius 1 is 1.50 bits per heavy atom. The smallest absolute Gasteiger partial charge is 0.295 e. The summed E-state index contributed by atoms with van der Waals surface area (Å²) in [5.41, 5.74) is 8.00. The Morgan fingerprint density at radius 3 is 3.00 bits per heavy atom. The first-order chi connectivity index (χ1) is 8.71. The Bertz CT molecular complexity index is 557. The molecule has 0 aliphatic heterocycles. The number of rotatable bonds is 4. The molecule has 0 unspecified atom stereocenters. The zero-order chi connectivity index (χ0) is 12.6. The van der Waals surface area contributed by atoms with E-state index >= 15 is 0 Å². The van der Waals surface area contributed by atoms with Crippen LogP contribution in [-0.4, -0.2) is 22.5 Å². The topological polar surface area (TPSA) is 64.1 Å². The highest BCUT2D eigenvalue weighted by Crippen LogP contribution is 2.42. The molecule has 3 N–H and O–H groups in total. The van der Waals surface area contributed by atoms with Gasteiger partial charge >= 0.3 is 0 Å². The van der Waals surface area contributed by atoms with Gasteiger partial charge in [-0.05, 0) is 31.2 Å². The first-order valence-electron chi connectivity index (χ1n) is 6.16. The fourth-order valence-electron chi connectivity index (χ4n) is 2.28. The van der Waals surface area contributed by atoms with E-state index in [2.05, 4.69) is 16.6 Å². The molecule has 1 heterocycles. The molecule has 0 saturated heterocycles. The van der Waals surface area contributed by atoms with Crippen molar-refractivity contribution >= 4 is 34.6 Å². The molecule has 0 bridgehead atoms. The normalized spacial score (nSPS) is 17.6. The molecule has 96 valence electrons. The maximum atomic E-state index is 5.72. The predicted octanol–water partition coefficient (Wildman–Crippen LogP) is 3.11. The van der Waals surface area contributed by atoms with Crippen molar-refractivity contribution in [2.75, 3.05) is 23.9 Å². The molecule has 3 rings (SSSR count). The number of nitrogens with zero attached hydrogens (tertiary/aromatic N) is 1. The fourth-order valence-corrected chi connectivity index (χ4v) is 3.19. The predicted molar refractivity (Wildman–Crippen MR) is 77.0 cm³/mol. The summed E-state index contributed by atoms with van der Waals surface area (Å²) < 4.78 is 6.02. The molecule has 4 nitrogen and oxygen atoms in total. The molecule has 1 aliphatic carbocycles. The average Bonchev–Trinajstić information content (AvgIpc) is 2.70. The Hall–Kier alpha value is -1.36. The quantitative estimate of drug-likeness (QED) is 0.830. The molecule has 0 amide bonds. The zero-order valence-corrected chi connectivity index (χ0v) is 11.2. The van der Waals surface area contributed by atoms with Crippen LogP contribution in [0.25, 0.3) is 11.1 Å². The number of nitrogens with two attached hydrogens (primary N) is 1. The van der Waals surface area contributed by atoms with E-state index in [4.69, 9.17) is 10.2 Å². The lowest BCUT2D eigenvalue weighted by atomic mass is 9.84. The Kier molecular flexibility index (Phi) is 2.86. The summed E-state index contributed by atoms with van der Waals surface area (Å²) in [6, 6.07) is 6.12. The van der Waals surface area contributed by atoms with Crippen LogP contribution >= 0.6 is 11.8 Å². The van der Waals surface area contributed by atoms with Gasteiger partial charge in [-0.3, -0.25) is 0 Å². The van der Waals surface area contributed by atoms with Crippen molar-refractivity contribution in [2.24, 2.45) is 0 Å². The minimum Gasteiger partial charge on any atom is -0.423 e. The van der Waals surface area contributed by atoms with E-state index < -0.39 is 0 Å². The van der Waals surface area contributed by atoms with Crippen LogP contribution in [0.4, 0.5) is 11.7 Å². The van der Waals surface area contributed by atoms with Crippen LogP contribution < -0.4 is 11.1 Å². The average molecular weight is 263 g/mol. The lowest BCUT2D eigenvalue weighted by Gasteiger charge is -2.40. The lowest BCUT2D eigenvalue weighted by molar-refractivity contribution is 0.377. The third-order valence-corrected chi connectivity index (χ3v) is 5.09. The number of thioether (sulfide) groups is 1. The van der Waals surface area contributed by atoms with Crippen molar-refractivity contribution in [1.82, 2.24) is 4.98 Å². The molecular formula is C13H17N3OS. The van der Waals surface area contributed by atoms with Crippen molar-refractivity contribution in [3.05, 3.63) is 18.2 Å². The number of oxazole rings is 1. The van der Waals surface area contributed by atoms with Gasteiger partial charge in [-0.1, -0.05) is 6.42 Å². The minimum absolute atomic E-state index is 0.375. The highest BCUT2D eigenvalue weighted by Gasteiger charge is 2.36. The summed E-state index contributed by atoms with van der Waals surface area (Å²) in [4.78, 5) is 4.41. The zero-order valence-electron chi connectivity index (χ0n) is 10.4. The summed E-state index contributed by atoms with van der Waals surface area (Å²) in [6.45, 7) is 0.913. The van der Waals surface area contributed by atoms with Gasteiger partial charge in [0.2, 0.25) is 0 Å². The molecular weight excluding hydrogens is 246 g/mol. The van der Waals surface area contributed by atoms with E-state index in [1.807, 2.05) is 23.9 Å². The second kappa shape index (κ2) is 4.39. The SMILES string of the molecule is CSC1(CNc2nc3ccc(N)cc3o2)CCC1. The van der Waals surface area contributed by atoms with Crippen LogP contribution in [0.1, 0.15) is 19.3 Å². The molecule has 1 aromatic carbocycles. The van der Waals surface area contributed by atoms with Gasteiger partial charge in [-0.2, -0.15) is 16.7 Å². The van der Waals surface area contributed by atoms with Crippen molar-refractivity contribution in [1.29, 1.82) is 0 Å². The van der Waals surface area contributed by atoms with Gasteiger partial charge in [-0.15, -0.1) is 0 Å². The van der Waals surface area contributed by atoms with E-state index in [0.29, 0.717) is 16.4 Å². The van der Waals surface area contributed by atoms with Gasteiger partial charge in [0.05, 0.1) is 0 Å². The third-order valence-electron chi connectivity index (χ3n) is 3.67. The monoisotopic (exact) mass is 263 g/mol. The van der Waals surface area contributed by atoms with Crippen LogP contribution in [-0.2, 0) is 0 Å². The molecule has 1 aliphatic rings. The molecule has 0 atom stereocenters. The number of nitrogen functional groups attached to an aromatic ring is 1. The largest absolute Gasteiger partial charge is 0.423 e. The van der Waals surface area contributed by atoms with Gasteiger partial charge in [0.15, 0.2) is 5.58 Å². The van der Waals surface area contributed by atoms with E-state index in [9.17, 15) is 0 Å². The van der Waals surface area contributed by atoms with Crippen LogP contribution in [0.5, 0.6) is 0 Å². The van der Waals surface area contributed by atoms with Crippen LogP contribution in [0.2, 0.25) is 0 Å². The molecule has 1 fully saturated rings. The molecule has 1 saturated carbocycles. The van der Waals surface area contributed by atoms with Gasteiger partial charge in [-0.25, -0.2) is 0 Å². The van der Waals surface area contributed by atoms with Gasteiger partial charge < -0.3 is 15.5 Å². The molecule has 2 aromatic rings. The Labute approximate surface area is 110 Å². The number of aromatic nitrogens is 1. The summed E-state index contributed by atoms with van der Waals surface area (Å²) >= 11 is 1.94. The maximum absolute atomic E-state index is 5.72. The number of benzene rings is 1. The van der Waals surface area contributed by atoms with E-state index in [1.165, 1.54) is 19.3 Å². The number of anilines is 2. The molecule has 0 radical (unpaired) electrons. The van der Waals surface area contributed by atoms with Crippen molar-refractivity contribution in [3.8, 4) is 0 Å². The first kappa shape index (κ1) is 11.7. The van der Waals surface area contributed by atoms with E-state index in [-0.39, 0.29) is 0 Å². The standard InChI is InChI=1S/C13H17N3OS/c1-18-13(5-2-6-13)8-15-12-16-10-4-3-9(14)7-11(10)17-12/h3-4,7H,2,5-6,8,14H2,1H3,(H,15,16). The summed E-state index contributed by atoms with van der Waals surface area (Å²) in [6.07, 6.45) is 6.04. The molecule has 5 heteroatoms. The highest BCUT2D eigenvalue weighted by atomic mass is 32.2. The highest BCUT2D eigenvalue weighted by molar-refractivity contribution is 8.00. The number of fused-ring (bicyclic) bond motifs is 1. The third kappa shape index (κ3) is 2.03. The summed E-state index contributed by atoms with van der Waals surface area (Å²) in [5.74, 6) is 0. The van der Waals surface area contributed by atoms with E-state index in [0.717, 1.165) is 17.6 Å². The first-order valence-corrected chi connectivity index (χ1v) is 7.38. The van der Waals surface area contributed by atoms with E-state index in [1.54, 1.807) is 6.07 Å². The van der Waals surface area contributed by atoms with Gasteiger partial charge in [0.25, 0.3) is 6.01 Å². The molecule has 0 spiro atoms. The minimum atomic E-state index is 0.375. The van der Waals surface area contributed by atoms with Crippen LogP contribution in [0.3, 0.4) is 0 Å². The maximum Gasteiger partial charge on any atom is 0.295 e. The molecule has 18 heavy (non-hydrogen) atoms. The second-order valence-electron chi connectivity index (χ2n) is 4.84. The molecule has 1 aromatic heterocycles. The second-order valence-corrected chi connectivity index (χ2v) is 6.11. The van der Waals surface area contributed by atoms with Crippen molar-refractivity contribution in [2.45, 2.75) is 24.0 Å². The summed E-state index contributed by atoms with van der Waals surface area (Å²) in [7, 11) is 0. The van der Waals surface area contributed by atoms with Gasteiger partial charge in [0, 0.05) is 23.0 Å². The summed E-state index contributed by atoms with van der Waals surface area (Å²) in [5, 5.41) is 3.31. The van der Waals surface area contributed by atoms with Crippen molar-refractivity contribution in [3.63, 3.8) is 0 Å². The van der Waals surface area contributed by atoms with Crippen molar-refractivity contribution < 1.29 is 4.42 Å². The Balaban J connectivity index is 1.74. The lowest BCUT2D eigenvalue weighted by Crippen LogP contribution is -2.40. The Morgan fingerprint density at radius 2 is 2.33 bits per heavy atom. The van der Waals surface area contributed by atoms with Gasteiger partial charge in [0.1, 0.15) is 5.52 Å². The van der Waals surface area contributed by atoms with Crippen LogP contribution in [0, 0.1) is 0 Å². The number of nitrogens with one attached hydrogen (secondary N) is 1. The fraction of sp³-hybridized carbons (Fsp3) is 0.462. The number of hydrogen-bond acceptors (Lipinski definition) is 5. The van der Waals surface area contributed by atoms with Crippen LogP contribution in [0.15, 0.2) is 22.6 Å². The number of hydrogen-bond donors (Lipinski definition) is 2.